The summed E-state index contributed by atoms with van der Waals surface area (Å²) in [7, 11) is 0. The largest absolute Gasteiger partial charge is 0.397 e. The number of hydrogen-bond acceptors (Lipinski definition) is 4. The van der Waals surface area contributed by atoms with Crippen LogP contribution in [0.3, 0.4) is 0 Å². The van der Waals surface area contributed by atoms with Gasteiger partial charge in [-0.1, -0.05) is 18.2 Å². The minimum absolute atomic E-state index is 0.209. The van der Waals surface area contributed by atoms with Crippen molar-refractivity contribution in [1.29, 1.82) is 0 Å². The molecule has 1 aromatic carbocycles. The van der Waals surface area contributed by atoms with Crippen LogP contribution >= 0.6 is 0 Å². The van der Waals surface area contributed by atoms with E-state index in [1.165, 1.54) is 6.20 Å². The number of rotatable bonds is 2. The first-order valence-corrected chi connectivity index (χ1v) is 6.11. The van der Waals surface area contributed by atoms with E-state index in [-0.39, 0.29) is 11.6 Å². The second-order valence-corrected chi connectivity index (χ2v) is 4.28. The van der Waals surface area contributed by atoms with Crippen molar-refractivity contribution in [1.82, 2.24) is 9.97 Å². The van der Waals surface area contributed by atoms with Gasteiger partial charge in [-0.2, -0.15) is 0 Å². The van der Waals surface area contributed by atoms with Crippen LogP contribution in [0.15, 0.2) is 54.9 Å². The Hall–Kier alpha value is -2.95. The summed E-state index contributed by atoms with van der Waals surface area (Å²) in [4.78, 5) is 20.5. The van der Waals surface area contributed by atoms with Crippen molar-refractivity contribution in [3.05, 3.63) is 60.6 Å². The third-order valence-corrected chi connectivity index (χ3v) is 2.93. The van der Waals surface area contributed by atoms with Crippen molar-refractivity contribution in [3.8, 4) is 0 Å². The maximum absolute atomic E-state index is 12.2. The molecule has 1 amide bonds. The van der Waals surface area contributed by atoms with Crippen molar-refractivity contribution in [3.63, 3.8) is 0 Å². The summed E-state index contributed by atoms with van der Waals surface area (Å²) >= 11 is 0. The van der Waals surface area contributed by atoms with E-state index in [4.69, 9.17) is 5.73 Å². The monoisotopic (exact) mass is 264 g/mol. The van der Waals surface area contributed by atoms with Gasteiger partial charge in [0, 0.05) is 17.8 Å². The molecule has 0 aliphatic heterocycles. The van der Waals surface area contributed by atoms with Crippen molar-refractivity contribution in [2.24, 2.45) is 0 Å². The van der Waals surface area contributed by atoms with Crippen LogP contribution in [-0.2, 0) is 0 Å². The number of para-hydroxylation sites is 1. The molecule has 0 spiro atoms. The molecule has 20 heavy (non-hydrogen) atoms. The van der Waals surface area contributed by atoms with Crippen LogP contribution in [0, 0.1) is 0 Å². The number of benzene rings is 1. The van der Waals surface area contributed by atoms with Gasteiger partial charge in [0.2, 0.25) is 0 Å². The maximum Gasteiger partial charge on any atom is 0.276 e. The number of pyridine rings is 2. The fourth-order valence-electron chi connectivity index (χ4n) is 1.99. The van der Waals surface area contributed by atoms with E-state index in [1.807, 2.05) is 24.3 Å². The van der Waals surface area contributed by atoms with Gasteiger partial charge in [-0.25, -0.2) is 4.98 Å². The quantitative estimate of drug-likeness (QED) is 0.745. The number of nitrogens with zero attached hydrogens (tertiary/aromatic N) is 2. The van der Waals surface area contributed by atoms with Crippen molar-refractivity contribution in [2.45, 2.75) is 0 Å². The lowest BCUT2D eigenvalue weighted by Crippen LogP contribution is -2.16. The molecule has 0 radical (unpaired) electrons. The van der Waals surface area contributed by atoms with Crippen LogP contribution in [0.4, 0.5) is 11.4 Å². The lowest BCUT2D eigenvalue weighted by molar-refractivity contribution is 0.102. The molecule has 3 rings (SSSR count). The van der Waals surface area contributed by atoms with E-state index in [1.54, 1.807) is 24.4 Å². The molecule has 0 fully saturated rings. The average molecular weight is 264 g/mol. The second-order valence-electron chi connectivity index (χ2n) is 4.28. The minimum Gasteiger partial charge on any atom is -0.397 e. The molecule has 0 unspecified atom stereocenters. The molecular formula is C15H12N4O. The second kappa shape index (κ2) is 4.97. The Bertz CT molecular complexity index is 780. The predicted molar refractivity (Wildman–Crippen MR) is 78.3 cm³/mol. The molecule has 3 N–H and O–H groups in total. The molecule has 98 valence electrons. The number of carbonyl (C=O) groups excluding carboxylic acids is 1. The van der Waals surface area contributed by atoms with E-state index >= 15 is 0 Å². The number of hydrogen-bond donors (Lipinski definition) is 2. The highest BCUT2D eigenvalue weighted by atomic mass is 16.1. The molecule has 0 aliphatic rings. The number of amides is 1. The first-order valence-electron chi connectivity index (χ1n) is 6.11. The van der Waals surface area contributed by atoms with Gasteiger partial charge >= 0.3 is 0 Å². The van der Waals surface area contributed by atoms with E-state index in [0.29, 0.717) is 11.4 Å². The molecule has 0 saturated heterocycles. The smallest absolute Gasteiger partial charge is 0.276 e. The Morgan fingerprint density at radius 1 is 1.00 bits per heavy atom. The Morgan fingerprint density at radius 3 is 2.60 bits per heavy atom. The first-order chi connectivity index (χ1) is 9.75. The van der Waals surface area contributed by atoms with Crippen LogP contribution in [0.1, 0.15) is 10.5 Å². The first kappa shape index (κ1) is 12.1. The normalized spacial score (nSPS) is 10.4. The lowest BCUT2D eigenvalue weighted by Gasteiger charge is -2.08. The Balaban J connectivity index is 1.98. The number of nitrogens with one attached hydrogen (secondary N) is 1. The van der Waals surface area contributed by atoms with Gasteiger partial charge in [0.15, 0.2) is 5.69 Å². The van der Waals surface area contributed by atoms with Gasteiger partial charge in [0.1, 0.15) is 0 Å². The highest BCUT2D eigenvalue weighted by Gasteiger charge is 2.12. The van der Waals surface area contributed by atoms with Gasteiger partial charge in [-0.3, -0.25) is 9.78 Å². The molecular weight excluding hydrogens is 252 g/mol. The lowest BCUT2D eigenvalue weighted by atomic mass is 10.2. The van der Waals surface area contributed by atoms with Crippen molar-refractivity contribution < 1.29 is 4.79 Å². The van der Waals surface area contributed by atoms with Crippen molar-refractivity contribution in [2.75, 3.05) is 11.1 Å². The van der Waals surface area contributed by atoms with Gasteiger partial charge in [0.05, 0.1) is 16.9 Å². The summed E-state index contributed by atoms with van der Waals surface area (Å²) < 4.78 is 0. The maximum atomic E-state index is 12.2. The minimum atomic E-state index is -0.346. The van der Waals surface area contributed by atoms with Gasteiger partial charge in [0.25, 0.3) is 5.91 Å². The fraction of sp³-hybridized carbons (Fsp3) is 0. The van der Waals surface area contributed by atoms with E-state index in [0.717, 1.165) is 10.9 Å². The summed E-state index contributed by atoms with van der Waals surface area (Å²) in [6, 6.07) is 12.7. The molecule has 5 nitrogen and oxygen atoms in total. The van der Waals surface area contributed by atoms with Crippen LogP contribution in [-0.4, -0.2) is 15.9 Å². The molecule has 0 saturated carbocycles. The van der Waals surface area contributed by atoms with Crippen molar-refractivity contribution >= 4 is 28.2 Å². The Morgan fingerprint density at radius 2 is 1.75 bits per heavy atom. The topological polar surface area (TPSA) is 80.9 Å². The van der Waals surface area contributed by atoms with Gasteiger partial charge < -0.3 is 11.1 Å². The van der Waals surface area contributed by atoms with Crippen LogP contribution in [0.25, 0.3) is 10.9 Å². The third-order valence-electron chi connectivity index (χ3n) is 2.93. The summed E-state index contributed by atoms with van der Waals surface area (Å²) in [5, 5.41) is 3.76. The van der Waals surface area contributed by atoms with E-state index in [9.17, 15) is 4.79 Å². The van der Waals surface area contributed by atoms with Gasteiger partial charge in [-0.05, 0) is 24.3 Å². The van der Waals surface area contributed by atoms with Crippen LogP contribution in [0.5, 0.6) is 0 Å². The number of anilines is 2. The number of aromatic nitrogens is 2. The highest BCUT2D eigenvalue weighted by molar-refractivity contribution is 6.09. The van der Waals surface area contributed by atoms with E-state index < -0.39 is 0 Å². The van der Waals surface area contributed by atoms with Crippen LogP contribution < -0.4 is 11.1 Å². The molecule has 3 aromatic rings. The predicted octanol–water partition coefficient (Wildman–Crippen LogP) is 2.46. The summed E-state index contributed by atoms with van der Waals surface area (Å²) in [6.07, 6.45) is 3.22. The number of carbonyl (C=O) groups is 1. The number of nitrogens with two attached hydrogens (primary N) is 1. The highest BCUT2D eigenvalue weighted by Crippen LogP contribution is 2.21. The molecule has 0 aliphatic carbocycles. The number of fused-ring (bicyclic) bond motifs is 1. The summed E-state index contributed by atoms with van der Waals surface area (Å²) in [5.41, 5.74) is 7.67. The van der Waals surface area contributed by atoms with E-state index in [2.05, 4.69) is 15.3 Å². The zero-order valence-electron chi connectivity index (χ0n) is 10.6. The molecule has 5 heteroatoms. The Labute approximate surface area is 115 Å². The zero-order chi connectivity index (χ0) is 13.9. The molecule has 0 bridgehead atoms. The molecule has 2 heterocycles. The standard InChI is InChI=1S/C15H12N4O/c16-11-6-3-9-18-14(11)15(20)19-12-7-1-4-10-5-2-8-17-13(10)12/h1-9H,16H2,(H,19,20). The van der Waals surface area contributed by atoms with Gasteiger partial charge in [-0.15, -0.1) is 0 Å². The molecule has 2 aromatic heterocycles. The SMILES string of the molecule is Nc1cccnc1C(=O)Nc1cccc2cccnc12. The zero-order valence-corrected chi connectivity index (χ0v) is 10.6. The number of nitrogen functional groups attached to an aromatic ring is 1. The average Bonchev–Trinajstić information content (AvgIpc) is 2.48. The molecule has 0 atom stereocenters. The third kappa shape index (κ3) is 2.16. The van der Waals surface area contributed by atoms with Crippen LogP contribution in [0.2, 0.25) is 0 Å². The fourth-order valence-corrected chi connectivity index (χ4v) is 1.99. The summed E-state index contributed by atoms with van der Waals surface area (Å²) in [5.74, 6) is -0.346. The summed E-state index contributed by atoms with van der Waals surface area (Å²) in [6.45, 7) is 0. The Kier molecular flexibility index (Phi) is 3.01.